The summed E-state index contributed by atoms with van der Waals surface area (Å²) < 4.78 is 37.9. The topological polar surface area (TPSA) is 66.5 Å². The highest BCUT2D eigenvalue weighted by Crippen LogP contribution is 2.33. The lowest BCUT2D eigenvalue weighted by atomic mass is 10.00. The van der Waals surface area contributed by atoms with Gasteiger partial charge in [0.1, 0.15) is 0 Å². The third-order valence-electron chi connectivity index (χ3n) is 3.42. The Morgan fingerprint density at radius 2 is 1.70 bits per heavy atom. The molecule has 0 saturated heterocycles. The minimum atomic E-state index is -4.34. The molecule has 3 rings (SSSR count). The predicted octanol–water partition coefficient (Wildman–Crippen LogP) is 3.59. The number of tetrazole rings is 1. The smallest absolute Gasteiger partial charge is 0.388 e. The number of benzene rings is 2. The molecular formula is C15H12F3N5. The van der Waals surface area contributed by atoms with E-state index in [0.717, 1.165) is 23.4 Å². The molecule has 0 spiro atoms. The molecule has 0 saturated carbocycles. The van der Waals surface area contributed by atoms with E-state index in [1.807, 2.05) is 12.1 Å². The van der Waals surface area contributed by atoms with Gasteiger partial charge in [0.15, 0.2) is 0 Å². The zero-order chi connectivity index (χ0) is 16.4. The molecule has 3 aromatic rings. The molecule has 2 N–H and O–H groups in total. The van der Waals surface area contributed by atoms with Gasteiger partial charge in [-0.25, -0.2) is 0 Å². The Labute approximate surface area is 129 Å². The Bertz CT molecular complexity index is 795. The summed E-state index contributed by atoms with van der Waals surface area (Å²) in [5.41, 5.74) is 2.26. The van der Waals surface area contributed by atoms with E-state index in [-0.39, 0.29) is 0 Å². The van der Waals surface area contributed by atoms with Crippen LogP contribution in [0.4, 0.5) is 18.9 Å². The van der Waals surface area contributed by atoms with Crippen molar-refractivity contribution in [3.8, 4) is 22.5 Å². The Hall–Kier alpha value is -2.90. The average Bonchev–Trinajstić information content (AvgIpc) is 3.08. The van der Waals surface area contributed by atoms with Crippen molar-refractivity contribution in [3.05, 3.63) is 48.0 Å². The number of anilines is 1. The fourth-order valence-electron chi connectivity index (χ4n) is 2.25. The van der Waals surface area contributed by atoms with Gasteiger partial charge in [-0.1, -0.05) is 18.2 Å². The highest BCUT2D eigenvalue weighted by atomic mass is 19.4. The molecule has 23 heavy (non-hydrogen) atoms. The van der Waals surface area contributed by atoms with E-state index in [2.05, 4.69) is 25.9 Å². The van der Waals surface area contributed by atoms with Gasteiger partial charge in [0, 0.05) is 18.3 Å². The SMILES string of the molecule is CNc1ccc(-c2ccc(C(F)(F)F)cc2)cc1-c1nn[nH]n1. The molecule has 0 radical (unpaired) electrons. The summed E-state index contributed by atoms with van der Waals surface area (Å²) in [5, 5.41) is 16.8. The van der Waals surface area contributed by atoms with Gasteiger partial charge in [0.25, 0.3) is 0 Å². The van der Waals surface area contributed by atoms with E-state index >= 15 is 0 Å². The third kappa shape index (κ3) is 3.01. The van der Waals surface area contributed by atoms with Crippen LogP contribution in [0.1, 0.15) is 5.56 Å². The summed E-state index contributed by atoms with van der Waals surface area (Å²) in [6, 6.07) is 10.5. The van der Waals surface area contributed by atoms with Crippen LogP contribution >= 0.6 is 0 Å². The van der Waals surface area contributed by atoms with E-state index in [4.69, 9.17) is 0 Å². The van der Waals surface area contributed by atoms with Crippen LogP contribution in [0.5, 0.6) is 0 Å². The third-order valence-corrected chi connectivity index (χ3v) is 3.42. The first-order chi connectivity index (χ1) is 11.0. The van der Waals surface area contributed by atoms with Gasteiger partial charge in [0.2, 0.25) is 5.82 Å². The molecule has 0 aliphatic heterocycles. The molecule has 0 fully saturated rings. The van der Waals surface area contributed by atoms with Gasteiger partial charge >= 0.3 is 6.18 Å². The molecule has 118 valence electrons. The fraction of sp³-hybridized carbons (Fsp3) is 0.133. The van der Waals surface area contributed by atoms with Gasteiger partial charge in [0.05, 0.1) is 5.56 Å². The first-order valence-corrected chi connectivity index (χ1v) is 6.72. The minimum Gasteiger partial charge on any atom is -0.388 e. The number of alkyl halides is 3. The standard InChI is InChI=1S/C15H12F3N5/c1-19-13-7-4-10(8-12(13)14-20-22-23-21-14)9-2-5-11(6-3-9)15(16,17)18/h2-8,19H,1H3,(H,20,21,22,23). The summed E-state index contributed by atoms with van der Waals surface area (Å²) >= 11 is 0. The lowest BCUT2D eigenvalue weighted by molar-refractivity contribution is -0.137. The van der Waals surface area contributed by atoms with Crippen LogP contribution in [-0.2, 0) is 6.18 Å². The maximum Gasteiger partial charge on any atom is 0.416 e. The molecule has 5 nitrogen and oxygen atoms in total. The number of rotatable bonds is 3. The number of aromatic amines is 1. The van der Waals surface area contributed by atoms with Gasteiger partial charge in [-0.3, -0.25) is 0 Å². The van der Waals surface area contributed by atoms with Crippen LogP contribution < -0.4 is 5.32 Å². The molecule has 1 aromatic heterocycles. The fourth-order valence-corrected chi connectivity index (χ4v) is 2.25. The lowest BCUT2D eigenvalue weighted by Gasteiger charge is -2.10. The highest BCUT2D eigenvalue weighted by Gasteiger charge is 2.30. The largest absolute Gasteiger partial charge is 0.416 e. The quantitative estimate of drug-likeness (QED) is 0.774. The van der Waals surface area contributed by atoms with Crippen LogP contribution in [0.2, 0.25) is 0 Å². The second-order valence-electron chi connectivity index (χ2n) is 4.82. The second kappa shape index (κ2) is 5.71. The van der Waals surface area contributed by atoms with Gasteiger partial charge in [-0.15, -0.1) is 10.2 Å². The maximum absolute atomic E-state index is 12.6. The summed E-state index contributed by atoms with van der Waals surface area (Å²) in [4.78, 5) is 0. The number of nitrogens with one attached hydrogen (secondary N) is 2. The van der Waals surface area contributed by atoms with Crippen LogP contribution in [0.15, 0.2) is 42.5 Å². The van der Waals surface area contributed by atoms with Crippen LogP contribution in [-0.4, -0.2) is 27.7 Å². The normalized spacial score (nSPS) is 11.5. The van der Waals surface area contributed by atoms with Gasteiger partial charge in [-0.05, 0) is 40.6 Å². The van der Waals surface area contributed by atoms with E-state index < -0.39 is 11.7 Å². The van der Waals surface area contributed by atoms with Gasteiger partial charge in [-0.2, -0.15) is 18.4 Å². The molecule has 2 aromatic carbocycles. The summed E-state index contributed by atoms with van der Waals surface area (Å²) in [7, 11) is 1.76. The molecule has 1 heterocycles. The number of hydrogen-bond acceptors (Lipinski definition) is 4. The minimum absolute atomic E-state index is 0.406. The number of nitrogens with zero attached hydrogens (tertiary/aromatic N) is 3. The summed E-state index contributed by atoms with van der Waals surface area (Å²) in [5.74, 6) is 0.406. The van der Waals surface area contributed by atoms with Crippen LogP contribution in [0, 0.1) is 0 Å². The number of H-pyrrole nitrogens is 1. The number of aromatic nitrogens is 4. The maximum atomic E-state index is 12.6. The molecule has 0 bridgehead atoms. The van der Waals surface area contributed by atoms with Crippen molar-refractivity contribution >= 4 is 5.69 Å². The summed E-state index contributed by atoms with van der Waals surface area (Å²) in [6.45, 7) is 0. The zero-order valence-corrected chi connectivity index (χ0v) is 12.0. The monoisotopic (exact) mass is 319 g/mol. The molecule has 0 aliphatic rings. The molecule has 0 atom stereocenters. The van der Waals surface area contributed by atoms with Crippen molar-refractivity contribution < 1.29 is 13.2 Å². The van der Waals surface area contributed by atoms with Crippen molar-refractivity contribution in [2.45, 2.75) is 6.18 Å². The Kier molecular flexibility index (Phi) is 3.73. The van der Waals surface area contributed by atoms with Crippen LogP contribution in [0.25, 0.3) is 22.5 Å². The van der Waals surface area contributed by atoms with E-state index in [9.17, 15) is 13.2 Å². The number of halogens is 3. The van der Waals surface area contributed by atoms with E-state index in [0.29, 0.717) is 17.0 Å². The molecule has 8 heteroatoms. The second-order valence-corrected chi connectivity index (χ2v) is 4.82. The van der Waals surface area contributed by atoms with Crippen molar-refractivity contribution in [3.63, 3.8) is 0 Å². The van der Waals surface area contributed by atoms with Crippen molar-refractivity contribution in [1.82, 2.24) is 20.6 Å². The first-order valence-electron chi connectivity index (χ1n) is 6.72. The Balaban J connectivity index is 2.02. The van der Waals surface area contributed by atoms with Gasteiger partial charge < -0.3 is 5.32 Å². The lowest BCUT2D eigenvalue weighted by Crippen LogP contribution is -2.04. The first kappa shape index (κ1) is 15.0. The Morgan fingerprint density at radius 1 is 1.00 bits per heavy atom. The number of hydrogen-bond donors (Lipinski definition) is 2. The summed E-state index contributed by atoms with van der Waals surface area (Å²) in [6.07, 6.45) is -4.34. The predicted molar refractivity (Wildman–Crippen MR) is 79.6 cm³/mol. The Morgan fingerprint density at radius 3 is 2.26 bits per heavy atom. The molecule has 0 unspecified atom stereocenters. The van der Waals surface area contributed by atoms with Crippen molar-refractivity contribution in [1.29, 1.82) is 0 Å². The molecule has 0 amide bonds. The van der Waals surface area contributed by atoms with E-state index in [1.54, 1.807) is 13.1 Å². The average molecular weight is 319 g/mol. The zero-order valence-electron chi connectivity index (χ0n) is 12.0. The molecular weight excluding hydrogens is 307 g/mol. The molecule has 0 aliphatic carbocycles. The van der Waals surface area contributed by atoms with E-state index in [1.165, 1.54) is 12.1 Å². The van der Waals surface area contributed by atoms with Crippen molar-refractivity contribution in [2.75, 3.05) is 12.4 Å². The van der Waals surface area contributed by atoms with Crippen LogP contribution in [0.3, 0.4) is 0 Å². The van der Waals surface area contributed by atoms with Crippen molar-refractivity contribution in [2.24, 2.45) is 0 Å². The highest BCUT2D eigenvalue weighted by molar-refractivity contribution is 5.79.